The van der Waals surface area contributed by atoms with Crippen LogP contribution in [-0.2, 0) is 28.5 Å². The number of carbonyl (C=O) groups is 3. The number of hydrogen-bond acceptors (Lipinski definition) is 12. The molecule has 3 aliphatic heterocycles. The minimum atomic E-state index is -0.432. The molecule has 1 unspecified atom stereocenters. The molecule has 17 heteroatoms. The van der Waals surface area contributed by atoms with E-state index in [1.54, 1.807) is 19.3 Å². The van der Waals surface area contributed by atoms with Crippen LogP contribution >= 0.6 is 11.6 Å². The molecule has 3 N–H and O–H groups in total. The van der Waals surface area contributed by atoms with E-state index in [9.17, 15) is 19.2 Å². The number of para-hydroxylation sites is 1. The number of nitrogens with one attached hydrogen (secondary N) is 3. The molecule has 8 rings (SSSR count). The van der Waals surface area contributed by atoms with E-state index < -0.39 is 5.92 Å². The summed E-state index contributed by atoms with van der Waals surface area (Å²) in [4.78, 5) is 65.8. The molecule has 3 fully saturated rings. The number of ether oxygens (including phenoxy) is 1. The molecule has 3 amide bonds. The Kier molecular flexibility index (Phi) is 11.0. The van der Waals surface area contributed by atoms with Gasteiger partial charge in [0, 0.05) is 88.8 Å². The third-order valence-corrected chi connectivity index (χ3v) is 12.8. The van der Waals surface area contributed by atoms with Crippen molar-refractivity contribution < 1.29 is 19.1 Å². The van der Waals surface area contributed by atoms with Crippen LogP contribution in [-0.4, -0.2) is 105 Å². The summed E-state index contributed by atoms with van der Waals surface area (Å²) < 4.78 is 8.90. The number of piperazine rings is 1. The third-order valence-electron chi connectivity index (χ3n) is 12.5. The molecule has 0 radical (unpaired) electrons. The highest BCUT2D eigenvalue weighted by Gasteiger charge is 2.39. The Morgan fingerprint density at radius 3 is 2.47 bits per heavy atom. The first kappa shape index (κ1) is 40.1. The van der Waals surface area contributed by atoms with Crippen LogP contribution in [0.25, 0.3) is 21.8 Å². The van der Waals surface area contributed by atoms with E-state index in [1.807, 2.05) is 42.1 Å². The number of carbonyl (C=O) groups excluding carboxylic acids is 3. The second-order valence-corrected chi connectivity index (χ2v) is 16.6. The highest BCUT2D eigenvalue weighted by molar-refractivity contribution is 6.33. The number of fused-ring (bicyclic) bond motifs is 2. The van der Waals surface area contributed by atoms with Crippen LogP contribution in [0.4, 0.5) is 23.1 Å². The van der Waals surface area contributed by atoms with Crippen LogP contribution < -0.4 is 36.0 Å². The summed E-state index contributed by atoms with van der Waals surface area (Å²) in [6.07, 6.45) is 4.51. The number of hydrogen-bond donors (Lipinski definition) is 3. The molecule has 0 saturated carbocycles. The Hall–Kier alpha value is -5.74. The number of piperidine rings is 2. The highest BCUT2D eigenvalue weighted by atomic mass is 35.5. The average Bonchev–Trinajstić information content (AvgIpc) is 3.58. The Labute approximate surface area is 346 Å². The van der Waals surface area contributed by atoms with Gasteiger partial charge in [0.05, 0.1) is 34.5 Å². The number of pyridine rings is 1. The molecule has 5 aromatic rings. The van der Waals surface area contributed by atoms with Crippen molar-refractivity contribution in [2.45, 2.75) is 51.0 Å². The van der Waals surface area contributed by atoms with Gasteiger partial charge in [-0.05, 0) is 69.4 Å². The zero-order valence-corrected chi connectivity index (χ0v) is 34.8. The number of amides is 3. The first-order valence-electron chi connectivity index (χ1n) is 20.1. The Morgan fingerprint density at radius 1 is 0.983 bits per heavy atom. The molecule has 6 heterocycles. The fraction of sp³-hybridized carbons (Fsp3) is 0.452. The first-order valence-corrected chi connectivity index (χ1v) is 20.5. The fourth-order valence-corrected chi connectivity index (χ4v) is 9.10. The van der Waals surface area contributed by atoms with Gasteiger partial charge in [-0.15, -0.1) is 0 Å². The van der Waals surface area contributed by atoms with Crippen LogP contribution in [0.2, 0.25) is 5.02 Å². The maximum atomic E-state index is 12.8. The Bertz CT molecular complexity index is 2500. The van der Waals surface area contributed by atoms with E-state index >= 15 is 0 Å². The van der Waals surface area contributed by atoms with Gasteiger partial charge in [-0.2, -0.15) is 10.1 Å². The summed E-state index contributed by atoms with van der Waals surface area (Å²) in [6.45, 7) is 9.59. The number of nitrogens with zero attached hydrogens (tertiary/aromatic N) is 8. The summed E-state index contributed by atoms with van der Waals surface area (Å²) in [6, 6.07) is 13.4. The molecule has 16 nitrogen and oxygen atoms in total. The molecule has 0 spiro atoms. The topological polar surface area (TPSA) is 172 Å². The van der Waals surface area contributed by atoms with Crippen molar-refractivity contribution in [1.82, 2.24) is 39.8 Å². The molecular weight excluding hydrogens is 774 g/mol. The maximum Gasteiger partial charge on any atom is 0.293 e. The van der Waals surface area contributed by atoms with Gasteiger partial charge in [0.1, 0.15) is 5.02 Å². The van der Waals surface area contributed by atoms with E-state index in [2.05, 4.69) is 55.5 Å². The second-order valence-electron chi connectivity index (χ2n) is 16.2. The maximum absolute atomic E-state index is 12.8. The lowest BCUT2D eigenvalue weighted by molar-refractivity contribution is -0.134. The molecule has 3 saturated heterocycles. The van der Waals surface area contributed by atoms with Crippen LogP contribution in [0, 0.1) is 5.92 Å². The SMILES string of the molecule is CNC(=O)COc1cc2cc(Nc3nc(N4CCN(C(C)(C)C5CCN(c6cccc7c(C8CCC(=O)NC8=O)nn(C)c67)CC5)CC4)ncc3Cl)ccc2n(C)c1=O. The Morgan fingerprint density at radius 2 is 1.75 bits per heavy atom. The normalized spacial score (nSPS) is 18.4. The minimum absolute atomic E-state index is 0.0177. The molecular formula is C42H50ClN11O5. The zero-order chi connectivity index (χ0) is 41.6. The average molecular weight is 824 g/mol. The lowest BCUT2D eigenvalue weighted by Crippen LogP contribution is -2.59. The van der Waals surface area contributed by atoms with E-state index in [4.69, 9.17) is 26.4 Å². The monoisotopic (exact) mass is 823 g/mol. The Balaban J connectivity index is 0.900. The molecule has 59 heavy (non-hydrogen) atoms. The van der Waals surface area contributed by atoms with Gasteiger partial charge in [0.2, 0.25) is 17.8 Å². The van der Waals surface area contributed by atoms with Crippen molar-refractivity contribution in [3.05, 3.63) is 69.7 Å². The van der Waals surface area contributed by atoms with Crippen molar-refractivity contribution >= 4 is 74.3 Å². The molecule has 1 atom stereocenters. The van der Waals surface area contributed by atoms with Crippen molar-refractivity contribution in [1.29, 1.82) is 0 Å². The zero-order valence-electron chi connectivity index (χ0n) is 34.0. The lowest BCUT2D eigenvalue weighted by Gasteiger charge is -2.50. The number of anilines is 4. The summed E-state index contributed by atoms with van der Waals surface area (Å²) in [5, 5.41) is 15.2. The fourth-order valence-electron chi connectivity index (χ4n) is 8.96. The largest absolute Gasteiger partial charge is 0.478 e. The number of imide groups is 1. The van der Waals surface area contributed by atoms with Gasteiger partial charge in [0.25, 0.3) is 11.5 Å². The number of benzene rings is 2. The standard InChI is InChI=1S/C42H50ClN11O5/c1-42(2,26-13-15-52(16-14-26)32-8-6-7-28-36(49-51(5)37(28)32)29-10-12-34(55)47-39(29)57)54-19-17-53(18-20-54)41-45-23-30(43)38(48-41)46-27-9-11-31-25(21-27)22-33(40(58)50(31)4)59-24-35(56)44-3/h6-9,11,21-23,26,29H,10,12-20,24H2,1-5H3,(H,44,56)(H,45,46,48)(H,47,55,57). The second kappa shape index (κ2) is 16.1. The van der Waals surface area contributed by atoms with Crippen molar-refractivity contribution in [3.63, 3.8) is 0 Å². The summed E-state index contributed by atoms with van der Waals surface area (Å²) >= 11 is 6.61. The molecule has 310 valence electrons. The van der Waals surface area contributed by atoms with Gasteiger partial charge in [0.15, 0.2) is 18.2 Å². The van der Waals surface area contributed by atoms with Gasteiger partial charge in [-0.25, -0.2) is 4.98 Å². The van der Waals surface area contributed by atoms with Crippen molar-refractivity contribution in [3.8, 4) is 5.75 Å². The van der Waals surface area contributed by atoms with Gasteiger partial charge >= 0.3 is 0 Å². The van der Waals surface area contributed by atoms with Crippen LogP contribution in [0.1, 0.15) is 51.1 Å². The molecule has 0 aliphatic carbocycles. The van der Waals surface area contributed by atoms with E-state index in [0.29, 0.717) is 46.8 Å². The number of aromatic nitrogens is 5. The van der Waals surface area contributed by atoms with Crippen LogP contribution in [0.15, 0.2) is 53.5 Å². The number of rotatable bonds is 10. The highest BCUT2D eigenvalue weighted by Crippen LogP contribution is 2.39. The number of aryl methyl sites for hydroxylation is 2. The van der Waals surface area contributed by atoms with Gasteiger partial charge in [-0.3, -0.25) is 34.1 Å². The van der Waals surface area contributed by atoms with E-state index in [-0.39, 0.29) is 41.2 Å². The number of likely N-dealkylation sites (N-methyl/N-ethyl adjacent to an activating group) is 1. The van der Waals surface area contributed by atoms with Crippen molar-refractivity contribution in [2.24, 2.45) is 20.0 Å². The third kappa shape index (κ3) is 7.78. The molecule has 0 bridgehead atoms. The minimum Gasteiger partial charge on any atom is -0.478 e. The van der Waals surface area contributed by atoms with Crippen LogP contribution in [0.5, 0.6) is 5.75 Å². The predicted octanol–water partition coefficient (Wildman–Crippen LogP) is 4.07. The van der Waals surface area contributed by atoms with E-state index in [0.717, 1.165) is 79.8 Å². The predicted molar refractivity (Wildman–Crippen MR) is 228 cm³/mol. The molecule has 3 aromatic heterocycles. The molecule has 3 aliphatic rings. The first-order chi connectivity index (χ1) is 28.3. The van der Waals surface area contributed by atoms with Gasteiger partial charge in [-0.1, -0.05) is 23.7 Å². The van der Waals surface area contributed by atoms with Crippen LogP contribution in [0.3, 0.4) is 0 Å². The summed E-state index contributed by atoms with van der Waals surface area (Å²) in [5.41, 5.74) is 3.96. The van der Waals surface area contributed by atoms with Gasteiger partial charge < -0.3 is 29.7 Å². The van der Waals surface area contributed by atoms with E-state index in [1.165, 1.54) is 11.6 Å². The smallest absolute Gasteiger partial charge is 0.293 e. The van der Waals surface area contributed by atoms with Crippen molar-refractivity contribution in [2.75, 3.05) is 68.0 Å². The molecule has 2 aromatic carbocycles. The lowest BCUT2D eigenvalue weighted by atomic mass is 9.78. The quantitative estimate of drug-likeness (QED) is 0.173. The summed E-state index contributed by atoms with van der Waals surface area (Å²) in [5.74, 6) is 0.395. The summed E-state index contributed by atoms with van der Waals surface area (Å²) in [7, 11) is 5.11. The number of halogens is 1.